The molecule has 1 aromatic carbocycles. The van der Waals surface area contributed by atoms with Crippen molar-refractivity contribution in [3.63, 3.8) is 0 Å². The second-order valence-corrected chi connectivity index (χ2v) is 5.75. The van der Waals surface area contributed by atoms with Gasteiger partial charge in [0.05, 0.1) is 16.9 Å². The summed E-state index contributed by atoms with van der Waals surface area (Å²) in [7, 11) is 0. The number of carbonyl (C=O) groups is 1. The molecule has 1 aromatic heterocycles. The van der Waals surface area contributed by atoms with Gasteiger partial charge in [0.15, 0.2) is 0 Å². The fourth-order valence-corrected chi connectivity index (χ4v) is 2.59. The number of thioether (sulfide) groups is 1. The molecule has 2 N–H and O–H groups in total. The van der Waals surface area contributed by atoms with E-state index >= 15 is 0 Å². The van der Waals surface area contributed by atoms with E-state index in [4.69, 9.17) is 0 Å². The molecule has 7 nitrogen and oxygen atoms in total. The fourth-order valence-electron chi connectivity index (χ4n) is 1.86. The molecule has 0 saturated heterocycles. The number of rotatable bonds is 6. The number of carbonyl (C=O) groups excluding carboxylic acids is 1. The first-order chi connectivity index (χ1) is 10.0. The normalized spacial score (nSPS) is 13.7. The van der Waals surface area contributed by atoms with Crippen LogP contribution in [0.15, 0.2) is 30.6 Å². The third-order valence-electron chi connectivity index (χ3n) is 2.83. The molecule has 1 atom stereocenters. The van der Waals surface area contributed by atoms with Crippen LogP contribution in [0, 0.1) is 0 Å². The lowest BCUT2D eigenvalue weighted by atomic mass is 10.1. The summed E-state index contributed by atoms with van der Waals surface area (Å²) in [5.74, 6) is 0.268. The van der Waals surface area contributed by atoms with Gasteiger partial charge in [0.25, 0.3) is 5.91 Å². The van der Waals surface area contributed by atoms with Crippen molar-refractivity contribution in [2.75, 3.05) is 18.6 Å². The van der Waals surface area contributed by atoms with Gasteiger partial charge in [0.1, 0.15) is 6.33 Å². The third-order valence-corrected chi connectivity index (χ3v) is 3.74. The molecular formula is C13H17N5O2S. The van der Waals surface area contributed by atoms with Gasteiger partial charge in [-0.25, -0.2) is 0 Å². The molecule has 0 saturated carbocycles. The Morgan fingerprint density at radius 3 is 2.90 bits per heavy atom. The van der Waals surface area contributed by atoms with Crippen LogP contribution in [0.1, 0.15) is 17.3 Å². The van der Waals surface area contributed by atoms with Crippen LogP contribution in [0.5, 0.6) is 0 Å². The van der Waals surface area contributed by atoms with Gasteiger partial charge in [0, 0.05) is 12.3 Å². The molecule has 0 radical (unpaired) electrons. The van der Waals surface area contributed by atoms with Crippen LogP contribution in [0.2, 0.25) is 0 Å². The van der Waals surface area contributed by atoms with Gasteiger partial charge in [-0.1, -0.05) is 12.1 Å². The van der Waals surface area contributed by atoms with Gasteiger partial charge in [-0.15, -0.1) is 5.10 Å². The Morgan fingerprint density at radius 2 is 2.24 bits per heavy atom. The number of hydrogen-bond donors (Lipinski definition) is 2. The number of aliphatic hydroxyl groups is 1. The summed E-state index contributed by atoms with van der Waals surface area (Å²) in [6, 6.07) is 7.02. The zero-order valence-corrected chi connectivity index (χ0v) is 12.7. The van der Waals surface area contributed by atoms with E-state index in [0.29, 0.717) is 17.0 Å². The van der Waals surface area contributed by atoms with Crippen LogP contribution in [0.4, 0.5) is 0 Å². The third kappa shape index (κ3) is 4.02. The Balaban J connectivity index is 2.14. The van der Waals surface area contributed by atoms with E-state index in [0.717, 1.165) is 0 Å². The summed E-state index contributed by atoms with van der Waals surface area (Å²) in [4.78, 5) is 12.3. The molecule has 21 heavy (non-hydrogen) atoms. The molecule has 0 aliphatic rings. The van der Waals surface area contributed by atoms with Gasteiger partial charge >= 0.3 is 0 Å². The largest absolute Gasteiger partial charge is 0.387 e. The molecule has 0 aliphatic heterocycles. The fraction of sp³-hybridized carbons (Fsp3) is 0.385. The predicted molar refractivity (Wildman–Crippen MR) is 80.5 cm³/mol. The van der Waals surface area contributed by atoms with Crippen molar-refractivity contribution in [1.82, 2.24) is 25.5 Å². The van der Waals surface area contributed by atoms with Crippen molar-refractivity contribution in [2.24, 2.45) is 0 Å². The average molecular weight is 307 g/mol. The zero-order chi connectivity index (χ0) is 15.3. The summed E-state index contributed by atoms with van der Waals surface area (Å²) in [5.41, 5.74) is 0.0907. The molecule has 8 heteroatoms. The first-order valence-corrected chi connectivity index (χ1v) is 7.75. The minimum Gasteiger partial charge on any atom is -0.387 e. The number of nitrogens with zero attached hydrogens (tertiary/aromatic N) is 4. The van der Waals surface area contributed by atoms with Gasteiger partial charge in [-0.3, -0.25) is 4.79 Å². The topological polar surface area (TPSA) is 92.9 Å². The molecule has 0 unspecified atom stereocenters. The van der Waals surface area contributed by atoms with E-state index in [1.165, 1.54) is 22.8 Å². The van der Waals surface area contributed by atoms with E-state index < -0.39 is 5.60 Å². The first kappa shape index (κ1) is 15.5. The van der Waals surface area contributed by atoms with Crippen LogP contribution >= 0.6 is 11.8 Å². The lowest BCUT2D eigenvalue weighted by molar-refractivity contribution is 0.0725. The predicted octanol–water partition coefficient (Wildman–Crippen LogP) is 0.506. The molecule has 112 valence electrons. The molecule has 0 spiro atoms. The van der Waals surface area contributed by atoms with E-state index in [1.54, 1.807) is 31.2 Å². The number of aromatic nitrogens is 4. The number of benzene rings is 1. The molecule has 0 bridgehead atoms. The minimum atomic E-state index is -0.946. The lowest BCUT2D eigenvalue weighted by Gasteiger charge is -2.22. The van der Waals surface area contributed by atoms with Gasteiger partial charge < -0.3 is 10.4 Å². The Labute approximate surface area is 126 Å². The Kier molecular flexibility index (Phi) is 4.92. The SMILES string of the molecule is CSC[C@@](C)(O)CNC(=O)c1ccccc1-n1cnnn1. The van der Waals surface area contributed by atoms with E-state index in [1.807, 2.05) is 6.26 Å². The van der Waals surface area contributed by atoms with Crippen molar-refractivity contribution < 1.29 is 9.90 Å². The number of nitrogens with one attached hydrogen (secondary N) is 1. The Bertz CT molecular complexity index is 600. The molecule has 0 fully saturated rings. The van der Waals surface area contributed by atoms with Crippen molar-refractivity contribution in [1.29, 1.82) is 0 Å². The maximum Gasteiger partial charge on any atom is 0.253 e. The maximum absolute atomic E-state index is 12.3. The monoisotopic (exact) mass is 307 g/mol. The quantitative estimate of drug-likeness (QED) is 0.807. The highest BCUT2D eigenvalue weighted by Crippen LogP contribution is 2.14. The van der Waals surface area contributed by atoms with E-state index in [-0.39, 0.29) is 12.5 Å². The second-order valence-electron chi connectivity index (χ2n) is 4.88. The highest BCUT2D eigenvalue weighted by molar-refractivity contribution is 7.98. The van der Waals surface area contributed by atoms with Crippen molar-refractivity contribution in [2.45, 2.75) is 12.5 Å². The van der Waals surface area contributed by atoms with Crippen LogP contribution in [-0.2, 0) is 0 Å². The van der Waals surface area contributed by atoms with Crippen molar-refractivity contribution in [3.8, 4) is 5.69 Å². The van der Waals surface area contributed by atoms with Gasteiger partial charge in [-0.2, -0.15) is 16.4 Å². The molecule has 2 rings (SSSR count). The van der Waals surface area contributed by atoms with Crippen LogP contribution in [0.3, 0.4) is 0 Å². The minimum absolute atomic E-state index is 0.177. The number of hydrogen-bond acceptors (Lipinski definition) is 6. The zero-order valence-electron chi connectivity index (χ0n) is 11.9. The highest BCUT2D eigenvalue weighted by atomic mass is 32.2. The molecular weight excluding hydrogens is 290 g/mol. The first-order valence-electron chi connectivity index (χ1n) is 6.35. The molecule has 1 heterocycles. The van der Waals surface area contributed by atoms with Crippen molar-refractivity contribution in [3.05, 3.63) is 36.2 Å². The smallest absolute Gasteiger partial charge is 0.253 e. The van der Waals surface area contributed by atoms with Crippen molar-refractivity contribution >= 4 is 17.7 Å². The van der Waals surface area contributed by atoms with Gasteiger partial charge in [-0.05, 0) is 35.7 Å². The molecule has 1 amide bonds. The van der Waals surface area contributed by atoms with Crippen LogP contribution in [0.25, 0.3) is 5.69 Å². The summed E-state index contributed by atoms with van der Waals surface area (Å²) in [5, 5.41) is 23.8. The van der Waals surface area contributed by atoms with E-state index in [2.05, 4.69) is 20.8 Å². The maximum atomic E-state index is 12.3. The standard InChI is InChI=1S/C13H17N5O2S/c1-13(20,8-21-2)7-14-12(19)10-5-3-4-6-11(10)18-9-15-16-17-18/h3-6,9,20H,7-8H2,1-2H3,(H,14,19)/t13-/m0/s1. The second kappa shape index (κ2) is 6.68. The number of amides is 1. The molecule has 0 aliphatic carbocycles. The van der Waals surface area contributed by atoms with E-state index in [9.17, 15) is 9.90 Å². The summed E-state index contributed by atoms with van der Waals surface area (Å²) < 4.78 is 1.43. The summed E-state index contributed by atoms with van der Waals surface area (Å²) in [6.07, 6.45) is 3.33. The number of para-hydroxylation sites is 1. The Hall–Kier alpha value is -1.93. The summed E-state index contributed by atoms with van der Waals surface area (Å²) >= 11 is 1.53. The number of tetrazole rings is 1. The summed E-state index contributed by atoms with van der Waals surface area (Å²) in [6.45, 7) is 1.87. The Morgan fingerprint density at radius 1 is 1.48 bits per heavy atom. The highest BCUT2D eigenvalue weighted by Gasteiger charge is 2.22. The van der Waals surface area contributed by atoms with Crippen LogP contribution < -0.4 is 5.32 Å². The lowest BCUT2D eigenvalue weighted by Crippen LogP contribution is -2.42. The van der Waals surface area contributed by atoms with Gasteiger partial charge in [0.2, 0.25) is 0 Å². The molecule has 2 aromatic rings. The average Bonchev–Trinajstić information content (AvgIpc) is 2.99. The van der Waals surface area contributed by atoms with Crippen LogP contribution in [-0.4, -0.2) is 55.4 Å².